The van der Waals surface area contributed by atoms with Gasteiger partial charge in [-0.05, 0) is 29.7 Å². The van der Waals surface area contributed by atoms with Gasteiger partial charge in [-0.1, -0.05) is 65.9 Å². The molecule has 1 fully saturated rings. The molecule has 1 aromatic carbocycles. The van der Waals surface area contributed by atoms with Crippen LogP contribution in [0.25, 0.3) is 6.08 Å². The van der Waals surface area contributed by atoms with Crippen LogP contribution in [0.2, 0.25) is 0 Å². The Bertz CT molecular complexity index is 673. The first-order chi connectivity index (χ1) is 10.3. The molecule has 0 spiro atoms. The standard InChI is InChI=1S/C15H14BrNO3S2/c1-8(2)12(14(19)20)17-13(18)11(22-15(17)21)7-9-4-3-5-10(16)6-9/h3-8,12H,1-2H3,(H,19,20)/b11-7+/t12-/m0/s1. The molecule has 116 valence electrons. The van der Waals surface area contributed by atoms with E-state index in [1.54, 1.807) is 19.9 Å². The predicted molar refractivity (Wildman–Crippen MR) is 95.4 cm³/mol. The van der Waals surface area contributed by atoms with Gasteiger partial charge in [0.25, 0.3) is 5.91 Å². The second-order valence-electron chi connectivity index (χ2n) is 5.13. The summed E-state index contributed by atoms with van der Waals surface area (Å²) in [6.45, 7) is 3.52. The Balaban J connectivity index is 2.34. The van der Waals surface area contributed by atoms with Crippen molar-refractivity contribution in [1.82, 2.24) is 4.90 Å². The maximum Gasteiger partial charge on any atom is 0.327 e. The molecule has 1 aliphatic heterocycles. The van der Waals surface area contributed by atoms with E-state index in [1.807, 2.05) is 24.3 Å². The third-order valence-corrected chi connectivity index (χ3v) is 4.96. The lowest BCUT2D eigenvalue weighted by molar-refractivity contribution is -0.146. The molecule has 22 heavy (non-hydrogen) atoms. The summed E-state index contributed by atoms with van der Waals surface area (Å²) >= 11 is 9.72. The van der Waals surface area contributed by atoms with Crippen LogP contribution < -0.4 is 0 Å². The minimum Gasteiger partial charge on any atom is -0.480 e. The summed E-state index contributed by atoms with van der Waals surface area (Å²) in [7, 11) is 0. The lowest BCUT2D eigenvalue weighted by Gasteiger charge is -2.26. The first kappa shape index (κ1) is 17.2. The van der Waals surface area contributed by atoms with Crippen molar-refractivity contribution < 1.29 is 14.7 Å². The Morgan fingerprint density at radius 3 is 2.68 bits per heavy atom. The van der Waals surface area contributed by atoms with Crippen molar-refractivity contribution in [1.29, 1.82) is 0 Å². The molecule has 0 aromatic heterocycles. The first-order valence-electron chi connectivity index (χ1n) is 6.56. The van der Waals surface area contributed by atoms with Crippen LogP contribution in [0.1, 0.15) is 19.4 Å². The van der Waals surface area contributed by atoms with Crippen LogP contribution in [0.3, 0.4) is 0 Å². The van der Waals surface area contributed by atoms with Gasteiger partial charge in [-0.2, -0.15) is 0 Å². The fraction of sp³-hybridized carbons (Fsp3) is 0.267. The number of aliphatic carboxylic acids is 1. The molecule has 1 saturated heterocycles. The topological polar surface area (TPSA) is 57.6 Å². The monoisotopic (exact) mass is 399 g/mol. The minimum absolute atomic E-state index is 0.231. The molecule has 1 aliphatic rings. The fourth-order valence-electron chi connectivity index (χ4n) is 2.16. The van der Waals surface area contributed by atoms with E-state index in [9.17, 15) is 14.7 Å². The highest BCUT2D eigenvalue weighted by Crippen LogP contribution is 2.35. The summed E-state index contributed by atoms with van der Waals surface area (Å²) < 4.78 is 1.19. The van der Waals surface area contributed by atoms with Crippen molar-refractivity contribution in [3.05, 3.63) is 39.2 Å². The maximum atomic E-state index is 12.5. The van der Waals surface area contributed by atoms with Crippen molar-refractivity contribution in [2.75, 3.05) is 0 Å². The summed E-state index contributed by atoms with van der Waals surface area (Å²) in [6, 6.07) is 6.56. The number of nitrogens with zero attached hydrogens (tertiary/aromatic N) is 1. The van der Waals surface area contributed by atoms with Gasteiger partial charge in [0.05, 0.1) is 4.91 Å². The number of thioether (sulfide) groups is 1. The van der Waals surface area contributed by atoms with Gasteiger partial charge in [-0.15, -0.1) is 0 Å². The molecular formula is C15H14BrNO3S2. The number of carboxylic acids is 1. The second kappa shape index (κ2) is 6.93. The van der Waals surface area contributed by atoms with Gasteiger partial charge < -0.3 is 5.11 Å². The number of carboxylic acid groups (broad SMARTS) is 1. The van der Waals surface area contributed by atoms with Gasteiger partial charge >= 0.3 is 5.97 Å². The Labute approximate surface area is 146 Å². The average molecular weight is 400 g/mol. The summed E-state index contributed by atoms with van der Waals surface area (Å²) in [5.41, 5.74) is 0.853. The highest BCUT2D eigenvalue weighted by Gasteiger charge is 2.41. The van der Waals surface area contributed by atoms with E-state index in [2.05, 4.69) is 15.9 Å². The van der Waals surface area contributed by atoms with E-state index in [1.165, 1.54) is 4.90 Å². The number of benzene rings is 1. The van der Waals surface area contributed by atoms with Crippen LogP contribution in [-0.2, 0) is 9.59 Å². The van der Waals surface area contributed by atoms with Crippen LogP contribution in [0.4, 0.5) is 0 Å². The Kier molecular flexibility index (Phi) is 5.41. The summed E-state index contributed by atoms with van der Waals surface area (Å²) in [5, 5.41) is 9.36. The molecule has 0 bridgehead atoms. The smallest absolute Gasteiger partial charge is 0.327 e. The molecule has 4 nitrogen and oxygen atoms in total. The van der Waals surface area contributed by atoms with Gasteiger partial charge in [0.15, 0.2) is 0 Å². The Morgan fingerprint density at radius 2 is 2.14 bits per heavy atom. The van der Waals surface area contributed by atoms with Gasteiger partial charge in [-0.25, -0.2) is 4.79 Å². The van der Waals surface area contributed by atoms with E-state index in [-0.39, 0.29) is 16.1 Å². The molecule has 0 saturated carbocycles. The molecule has 7 heteroatoms. The zero-order chi connectivity index (χ0) is 16.4. The first-order valence-corrected chi connectivity index (χ1v) is 8.58. The number of carbonyl (C=O) groups is 2. The molecular weight excluding hydrogens is 386 g/mol. The third kappa shape index (κ3) is 3.59. The van der Waals surface area contributed by atoms with Gasteiger partial charge in [0.1, 0.15) is 10.4 Å². The van der Waals surface area contributed by atoms with Crippen molar-refractivity contribution >= 4 is 62.2 Å². The van der Waals surface area contributed by atoms with Crippen LogP contribution in [0.15, 0.2) is 33.6 Å². The van der Waals surface area contributed by atoms with E-state index in [0.717, 1.165) is 21.8 Å². The van der Waals surface area contributed by atoms with Gasteiger partial charge in [0, 0.05) is 4.47 Å². The average Bonchev–Trinajstić information content (AvgIpc) is 2.66. The number of halogens is 1. The van der Waals surface area contributed by atoms with Crippen molar-refractivity contribution in [2.24, 2.45) is 5.92 Å². The zero-order valence-corrected chi connectivity index (χ0v) is 15.2. The summed E-state index contributed by atoms with van der Waals surface area (Å²) in [6.07, 6.45) is 1.73. The minimum atomic E-state index is -1.05. The SMILES string of the molecule is CC(C)[C@@H](C(=O)O)N1C(=O)/C(=C\c2cccc(Br)c2)SC1=S. The second-order valence-corrected chi connectivity index (χ2v) is 7.73. The Morgan fingerprint density at radius 1 is 1.45 bits per heavy atom. The molecule has 0 unspecified atom stereocenters. The number of thiocarbonyl (C=S) groups is 1. The van der Waals surface area contributed by atoms with Crippen molar-refractivity contribution in [3.8, 4) is 0 Å². The summed E-state index contributed by atoms with van der Waals surface area (Å²) in [5.74, 6) is -1.63. The molecule has 1 N–H and O–H groups in total. The number of carbonyl (C=O) groups excluding carboxylic acids is 1. The van der Waals surface area contributed by atoms with Crippen LogP contribution in [0, 0.1) is 5.92 Å². The van der Waals surface area contributed by atoms with E-state index in [0.29, 0.717) is 4.91 Å². The molecule has 1 amide bonds. The lowest BCUT2D eigenvalue weighted by atomic mass is 10.0. The van der Waals surface area contributed by atoms with Crippen LogP contribution in [0.5, 0.6) is 0 Å². The van der Waals surface area contributed by atoms with E-state index in [4.69, 9.17) is 12.2 Å². The molecule has 1 aromatic rings. The normalized spacial score (nSPS) is 18.4. The number of amides is 1. The number of hydrogen-bond acceptors (Lipinski definition) is 4. The van der Waals surface area contributed by atoms with Crippen molar-refractivity contribution in [3.63, 3.8) is 0 Å². The zero-order valence-electron chi connectivity index (χ0n) is 11.9. The molecule has 0 radical (unpaired) electrons. The fourth-order valence-corrected chi connectivity index (χ4v) is 3.91. The van der Waals surface area contributed by atoms with Crippen molar-refractivity contribution in [2.45, 2.75) is 19.9 Å². The lowest BCUT2D eigenvalue weighted by Crippen LogP contribution is -2.47. The highest BCUT2D eigenvalue weighted by atomic mass is 79.9. The maximum absolute atomic E-state index is 12.5. The predicted octanol–water partition coefficient (Wildman–Crippen LogP) is 3.76. The molecule has 0 aliphatic carbocycles. The largest absolute Gasteiger partial charge is 0.480 e. The quantitative estimate of drug-likeness (QED) is 0.616. The van der Waals surface area contributed by atoms with E-state index >= 15 is 0 Å². The number of hydrogen-bond donors (Lipinski definition) is 1. The number of rotatable bonds is 4. The van der Waals surface area contributed by atoms with Gasteiger partial charge in [-0.3, -0.25) is 9.69 Å². The molecule has 2 rings (SSSR count). The van der Waals surface area contributed by atoms with Crippen LogP contribution in [-0.4, -0.2) is 32.2 Å². The third-order valence-electron chi connectivity index (χ3n) is 3.13. The summed E-state index contributed by atoms with van der Waals surface area (Å²) in [4.78, 5) is 25.6. The molecule has 1 heterocycles. The van der Waals surface area contributed by atoms with E-state index < -0.39 is 12.0 Å². The molecule has 1 atom stereocenters. The van der Waals surface area contributed by atoms with Gasteiger partial charge in [0.2, 0.25) is 0 Å². The van der Waals surface area contributed by atoms with Crippen LogP contribution >= 0.6 is 39.9 Å². The highest BCUT2D eigenvalue weighted by molar-refractivity contribution is 9.10. The Hall–Kier alpha value is -1.18.